The molecule has 3 aromatic rings. The van der Waals surface area contributed by atoms with E-state index in [0.717, 1.165) is 50.5 Å². The molecule has 1 aromatic carbocycles. The lowest BCUT2D eigenvalue weighted by Gasteiger charge is -2.21. The zero-order chi connectivity index (χ0) is 22.1. The molecule has 0 radical (unpaired) electrons. The number of para-hydroxylation sites is 1. The molecule has 7 heteroatoms. The topological polar surface area (TPSA) is 87.4 Å². The minimum atomic E-state index is -0.189. The number of likely N-dealkylation sites (N-methyl/N-ethyl adjacent to an activating group) is 1. The van der Waals surface area contributed by atoms with Crippen LogP contribution < -0.4 is 20.9 Å². The van der Waals surface area contributed by atoms with Crippen LogP contribution in [0.1, 0.15) is 39.5 Å². The van der Waals surface area contributed by atoms with Gasteiger partial charge in [-0.3, -0.25) is 4.79 Å². The van der Waals surface area contributed by atoms with Gasteiger partial charge in [-0.15, -0.1) is 0 Å². The third-order valence-electron chi connectivity index (χ3n) is 6.40. The summed E-state index contributed by atoms with van der Waals surface area (Å²) in [6.07, 6.45) is 2.84. The van der Waals surface area contributed by atoms with Crippen LogP contribution in [-0.2, 0) is 0 Å². The van der Waals surface area contributed by atoms with Crippen molar-refractivity contribution < 1.29 is 4.79 Å². The maximum Gasteiger partial charge on any atom is 0.215 e. The van der Waals surface area contributed by atoms with Gasteiger partial charge in [0.05, 0.1) is 5.56 Å². The number of pyridine rings is 2. The van der Waals surface area contributed by atoms with Crippen LogP contribution in [0.5, 0.6) is 0 Å². The van der Waals surface area contributed by atoms with E-state index in [-0.39, 0.29) is 17.5 Å². The summed E-state index contributed by atoms with van der Waals surface area (Å²) in [7, 11) is 2.09. The van der Waals surface area contributed by atoms with Gasteiger partial charge in [0.1, 0.15) is 17.3 Å². The molecule has 2 aliphatic heterocycles. The third kappa shape index (κ3) is 3.80. The highest BCUT2D eigenvalue weighted by molar-refractivity contribution is 6.10. The summed E-state index contributed by atoms with van der Waals surface area (Å²) in [6.45, 7) is 4.55. The van der Waals surface area contributed by atoms with E-state index in [4.69, 9.17) is 5.73 Å². The maximum atomic E-state index is 13.4. The molecule has 5 rings (SSSR count). The summed E-state index contributed by atoms with van der Waals surface area (Å²) in [5, 5.41) is 3.40. The second-order valence-electron chi connectivity index (χ2n) is 8.49. The number of hydrogen-bond donors (Lipinski definition) is 2. The van der Waals surface area contributed by atoms with Crippen molar-refractivity contribution in [1.82, 2.24) is 15.3 Å². The molecule has 4 heterocycles. The van der Waals surface area contributed by atoms with Crippen molar-refractivity contribution in [3.63, 3.8) is 0 Å². The van der Waals surface area contributed by atoms with Crippen LogP contribution in [0.2, 0.25) is 0 Å². The molecule has 2 aliphatic rings. The van der Waals surface area contributed by atoms with Crippen molar-refractivity contribution in [2.24, 2.45) is 0 Å². The lowest BCUT2D eigenvalue weighted by atomic mass is 9.92. The maximum absolute atomic E-state index is 13.4. The van der Waals surface area contributed by atoms with Gasteiger partial charge >= 0.3 is 0 Å². The normalized spacial score (nSPS) is 18.3. The van der Waals surface area contributed by atoms with E-state index < -0.39 is 0 Å². The summed E-state index contributed by atoms with van der Waals surface area (Å²) in [6, 6.07) is 15.9. The highest BCUT2D eigenvalue weighted by Crippen LogP contribution is 2.39. The van der Waals surface area contributed by atoms with Gasteiger partial charge in [0.2, 0.25) is 5.78 Å². The van der Waals surface area contributed by atoms with Crippen LogP contribution >= 0.6 is 0 Å². The third-order valence-corrected chi connectivity index (χ3v) is 6.40. The van der Waals surface area contributed by atoms with Gasteiger partial charge in [-0.1, -0.05) is 24.3 Å². The molecule has 1 unspecified atom stereocenters. The number of fused-ring (bicyclic) bond motifs is 1. The lowest BCUT2D eigenvalue weighted by molar-refractivity contribution is 0.103. The summed E-state index contributed by atoms with van der Waals surface area (Å²) >= 11 is 0. The molecule has 2 aromatic heterocycles. The van der Waals surface area contributed by atoms with Crippen molar-refractivity contribution in [2.75, 3.05) is 55.3 Å². The fourth-order valence-electron chi connectivity index (χ4n) is 4.69. The highest BCUT2D eigenvalue weighted by atomic mass is 16.1. The Morgan fingerprint density at radius 1 is 1.12 bits per heavy atom. The number of nitrogen functional groups attached to an aromatic ring is 1. The number of carbonyl (C=O) groups excluding carboxylic acids is 1. The van der Waals surface area contributed by atoms with Crippen molar-refractivity contribution in [1.29, 1.82) is 0 Å². The first-order chi connectivity index (χ1) is 15.6. The van der Waals surface area contributed by atoms with Crippen LogP contribution in [0.15, 0.2) is 54.7 Å². The molecule has 7 nitrogen and oxygen atoms in total. The van der Waals surface area contributed by atoms with Crippen LogP contribution in [0.4, 0.5) is 17.3 Å². The Hall–Kier alpha value is -3.45. The molecule has 1 atom stereocenters. The molecule has 164 valence electrons. The lowest BCUT2D eigenvalue weighted by Crippen LogP contribution is -2.29. The first-order valence-electron chi connectivity index (χ1n) is 11.1. The number of benzene rings is 1. The number of hydrogen-bond acceptors (Lipinski definition) is 7. The van der Waals surface area contributed by atoms with Crippen LogP contribution in [0.3, 0.4) is 0 Å². The molecular weight excluding hydrogens is 400 g/mol. The van der Waals surface area contributed by atoms with E-state index in [1.54, 1.807) is 12.3 Å². The fraction of sp³-hybridized carbons (Fsp3) is 0.320. The number of rotatable bonds is 4. The zero-order valence-electron chi connectivity index (χ0n) is 18.3. The molecule has 1 saturated heterocycles. The molecular formula is C25H28N6O. The standard InChI is InChI=1S/C25H28N6O/c1-30-16-20(18-6-2-3-8-22(18)30)17-14-19(25(26)28-15-17)24(32)21-7-4-9-23(29-21)31-12-5-10-27-11-13-31/h2-4,6-9,14-15,20,27H,5,10-13,16H2,1H3,(H2,26,28). The predicted molar refractivity (Wildman–Crippen MR) is 128 cm³/mol. The van der Waals surface area contributed by atoms with E-state index in [1.165, 1.54) is 11.3 Å². The van der Waals surface area contributed by atoms with Crippen molar-refractivity contribution in [2.45, 2.75) is 12.3 Å². The molecule has 0 aliphatic carbocycles. The number of ketones is 1. The Morgan fingerprint density at radius 3 is 2.91 bits per heavy atom. The van der Waals surface area contributed by atoms with E-state index in [2.05, 4.69) is 50.3 Å². The summed E-state index contributed by atoms with van der Waals surface area (Å²) < 4.78 is 0. The number of carbonyl (C=O) groups is 1. The largest absolute Gasteiger partial charge is 0.383 e. The van der Waals surface area contributed by atoms with Crippen LogP contribution in [0.25, 0.3) is 0 Å². The van der Waals surface area contributed by atoms with Gasteiger partial charge in [-0.25, -0.2) is 9.97 Å². The molecule has 1 fully saturated rings. The first kappa shape index (κ1) is 20.5. The average molecular weight is 429 g/mol. The highest BCUT2D eigenvalue weighted by Gasteiger charge is 2.29. The summed E-state index contributed by atoms with van der Waals surface area (Å²) in [4.78, 5) is 27.0. The summed E-state index contributed by atoms with van der Waals surface area (Å²) in [5.41, 5.74) is 10.4. The second kappa shape index (κ2) is 8.59. The van der Waals surface area contributed by atoms with Gasteiger partial charge < -0.3 is 20.9 Å². The Balaban J connectivity index is 1.46. The van der Waals surface area contributed by atoms with Crippen molar-refractivity contribution >= 4 is 23.1 Å². The number of nitrogens with one attached hydrogen (secondary N) is 1. The predicted octanol–water partition coefficient (Wildman–Crippen LogP) is 2.67. The van der Waals surface area contributed by atoms with E-state index in [0.29, 0.717) is 11.3 Å². The minimum absolute atomic E-state index is 0.153. The second-order valence-corrected chi connectivity index (χ2v) is 8.49. The van der Waals surface area contributed by atoms with E-state index in [1.807, 2.05) is 24.3 Å². The smallest absolute Gasteiger partial charge is 0.215 e. The van der Waals surface area contributed by atoms with Crippen molar-refractivity contribution in [3.8, 4) is 0 Å². The van der Waals surface area contributed by atoms with Gasteiger partial charge in [-0.2, -0.15) is 0 Å². The quantitative estimate of drug-likeness (QED) is 0.618. The number of anilines is 3. The zero-order valence-corrected chi connectivity index (χ0v) is 18.3. The van der Waals surface area contributed by atoms with Gasteiger partial charge in [0.15, 0.2) is 0 Å². The average Bonchev–Trinajstić information content (AvgIpc) is 2.99. The molecule has 32 heavy (non-hydrogen) atoms. The molecule has 0 amide bonds. The van der Waals surface area contributed by atoms with Gasteiger partial charge in [0.25, 0.3) is 0 Å². The number of nitrogens with two attached hydrogens (primary N) is 1. The molecule has 0 spiro atoms. The van der Waals surface area contributed by atoms with Gasteiger partial charge in [-0.05, 0) is 48.4 Å². The SMILES string of the molecule is CN1CC(c2cnc(N)c(C(=O)c3cccc(N4CCCNCC4)n3)c2)c2ccccc21. The molecule has 3 N–H and O–H groups in total. The Bertz CT molecular complexity index is 1140. The summed E-state index contributed by atoms with van der Waals surface area (Å²) in [5.74, 6) is 1.03. The van der Waals surface area contributed by atoms with Gasteiger partial charge in [0, 0.05) is 51.0 Å². The molecule has 0 saturated carbocycles. The Labute approximate surface area is 188 Å². The molecule has 0 bridgehead atoms. The number of nitrogens with zero attached hydrogens (tertiary/aromatic N) is 4. The minimum Gasteiger partial charge on any atom is -0.383 e. The fourth-order valence-corrected chi connectivity index (χ4v) is 4.69. The Morgan fingerprint density at radius 2 is 2.00 bits per heavy atom. The van der Waals surface area contributed by atoms with Crippen molar-refractivity contribution in [3.05, 3.63) is 77.1 Å². The Kier molecular flexibility index (Phi) is 5.49. The first-order valence-corrected chi connectivity index (χ1v) is 11.1. The number of aromatic nitrogens is 2. The van der Waals surface area contributed by atoms with Crippen LogP contribution in [0, 0.1) is 0 Å². The van der Waals surface area contributed by atoms with Crippen LogP contribution in [-0.4, -0.2) is 55.5 Å². The van der Waals surface area contributed by atoms with E-state index in [9.17, 15) is 4.79 Å². The monoisotopic (exact) mass is 428 g/mol. The van der Waals surface area contributed by atoms with E-state index >= 15 is 0 Å².